The number of carbonyl (C=O) groups excluding carboxylic acids is 1. The Labute approximate surface area is 200 Å². The van der Waals surface area contributed by atoms with Crippen LogP contribution in [0.15, 0.2) is 72.8 Å². The molecular weight excluding hydrogens is 426 g/mol. The van der Waals surface area contributed by atoms with Crippen LogP contribution in [0, 0.1) is 0 Å². The number of methoxy groups -OCH3 is 2. The van der Waals surface area contributed by atoms with Crippen LogP contribution in [-0.4, -0.2) is 31.2 Å². The first-order chi connectivity index (χ1) is 16.6. The SMILES string of the molecule is CCNC(=O)c1c(CNCc2ccc(OC)cc2)c2ccccc2n1Cc1ccc(OC)cc1. The van der Waals surface area contributed by atoms with Crippen molar-refractivity contribution in [2.45, 2.75) is 26.6 Å². The van der Waals surface area contributed by atoms with Crippen molar-refractivity contribution in [2.75, 3.05) is 20.8 Å². The molecule has 0 saturated carbocycles. The summed E-state index contributed by atoms with van der Waals surface area (Å²) >= 11 is 0. The molecule has 176 valence electrons. The molecule has 0 aliphatic rings. The predicted molar refractivity (Wildman–Crippen MR) is 136 cm³/mol. The monoisotopic (exact) mass is 457 g/mol. The van der Waals surface area contributed by atoms with Gasteiger partial charge in [0.1, 0.15) is 17.2 Å². The average Bonchev–Trinajstić information content (AvgIpc) is 3.18. The summed E-state index contributed by atoms with van der Waals surface area (Å²) in [5.74, 6) is 1.59. The van der Waals surface area contributed by atoms with Gasteiger partial charge in [-0.1, -0.05) is 42.5 Å². The van der Waals surface area contributed by atoms with Crippen LogP contribution in [0.4, 0.5) is 0 Å². The maximum absolute atomic E-state index is 13.3. The molecule has 0 aliphatic carbocycles. The van der Waals surface area contributed by atoms with Gasteiger partial charge in [0, 0.05) is 42.6 Å². The van der Waals surface area contributed by atoms with Gasteiger partial charge in [-0.05, 0) is 48.4 Å². The van der Waals surface area contributed by atoms with Crippen molar-refractivity contribution < 1.29 is 14.3 Å². The number of nitrogens with zero attached hydrogens (tertiary/aromatic N) is 1. The molecule has 4 rings (SSSR count). The smallest absolute Gasteiger partial charge is 0.268 e. The predicted octanol–water partition coefficient (Wildman–Crippen LogP) is 4.75. The molecule has 4 aromatic rings. The van der Waals surface area contributed by atoms with E-state index < -0.39 is 0 Å². The third-order valence-electron chi connectivity index (χ3n) is 5.92. The topological polar surface area (TPSA) is 64.5 Å². The highest BCUT2D eigenvalue weighted by Gasteiger charge is 2.22. The molecule has 6 nitrogen and oxygen atoms in total. The number of hydrogen-bond donors (Lipinski definition) is 2. The Balaban J connectivity index is 1.67. The summed E-state index contributed by atoms with van der Waals surface area (Å²) in [6, 6.07) is 24.2. The van der Waals surface area contributed by atoms with Crippen LogP contribution in [0.25, 0.3) is 10.9 Å². The number of amides is 1. The van der Waals surface area contributed by atoms with Gasteiger partial charge in [0.25, 0.3) is 5.91 Å². The number of hydrogen-bond acceptors (Lipinski definition) is 4. The lowest BCUT2D eigenvalue weighted by atomic mass is 10.1. The van der Waals surface area contributed by atoms with E-state index >= 15 is 0 Å². The van der Waals surface area contributed by atoms with Gasteiger partial charge < -0.3 is 24.7 Å². The zero-order valence-corrected chi connectivity index (χ0v) is 19.9. The molecule has 0 aliphatic heterocycles. The molecule has 6 heteroatoms. The van der Waals surface area contributed by atoms with Crippen molar-refractivity contribution in [3.8, 4) is 11.5 Å². The van der Waals surface area contributed by atoms with E-state index in [-0.39, 0.29) is 5.91 Å². The number of aromatic nitrogens is 1. The lowest BCUT2D eigenvalue weighted by Gasteiger charge is -2.13. The third-order valence-corrected chi connectivity index (χ3v) is 5.92. The molecular formula is C28H31N3O3. The summed E-state index contributed by atoms with van der Waals surface area (Å²) in [6.45, 7) is 4.37. The normalized spacial score (nSPS) is 10.9. The number of carbonyl (C=O) groups is 1. The van der Waals surface area contributed by atoms with Gasteiger partial charge in [-0.3, -0.25) is 4.79 Å². The van der Waals surface area contributed by atoms with Crippen molar-refractivity contribution in [2.24, 2.45) is 0 Å². The van der Waals surface area contributed by atoms with E-state index in [4.69, 9.17) is 9.47 Å². The van der Waals surface area contributed by atoms with E-state index in [2.05, 4.69) is 27.3 Å². The summed E-state index contributed by atoms with van der Waals surface area (Å²) in [7, 11) is 3.32. The Kier molecular flexibility index (Phi) is 7.50. The second kappa shape index (κ2) is 10.9. The first-order valence-corrected chi connectivity index (χ1v) is 11.5. The zero-order chi connectivity index (χ0) is 23.9. The maximum Gasteiger partial charge on any atom is 0.268 e. The molecule has 2 N–H and O–H groups in total. The van der Waals surface area contributed by atoms with Crippen molar-refractivity contribution in [1.29, 1.82) is 0 Å². The largest absolute Gasteiger partial charge is 0.497 e. The maximum atomic E-state index is 13.3. The van der Waals surface area contributed by atoms with Crippen LogP contribution in [0.3, 0.4) is 0 Å². The molecule has 1 aromatic heterocycles. The number of rotatable bonds is 10. The minimum atomic E-state index is -0.0616. The van der Waals surface area contributed by atoms with Gasteiger partial charge in [0.05, 0.1) is 14.2 Å². The second-order valence-corrected chi connectivity index (χ2v) is 8.09. The molecule has 0 saturated heterocycles. The highest BCUT2D eigenvalue weighted by Crippen LogP contribution is 2.28. The van der Waals surface area contributed by atoms with Crippen molar-refractivity contribution in [1.82, 2.24) is 15.2 Å². The zero-order valence-electron chi connectivity index (χ0n) is 19.9. The molecule has 1 heterocycles. The summed E-state index contributed by atoms with van der Waals surface area (Å²) < 4.78 is 12.7. The summed E-state index contributed by atoms with van der Waals surface area (Å²) in [5.41, 5.74) is 5.00. The summed E-state index contributed by atoms with van der Waals surface area (Å²) in [4.78, 5) is 13.3. The molecule has 0 atom stereocenters. The van der Waals surface area contributed by atoms with E-state index in [0.717, 1.165) is 39.1 Å². The molecule has 1 amide bonds. The first-order valence-electron chi connectivity index (χ1n) is 11.5. The van der Waals surface area contributed by atoms with Crippen LogP contribution in [0.1, 0.15) is 34.1 Å². The number of nitrogens with one attached hydrogen (secondary N) is 2. The van der Waals surface area contributed by atoms with Gasteiger partial charge in [-0.2, -0.15) is 0 Å². The summed E-state index contributed by atoms with van der Waals surface area (Å²) in [5, 5.41) is 7.62. The second-order valence-electron chi connectivity index (χ2n) is 8.09. The van der Waals surface area contributed by atoms with Crippen LogP contribution < -0.4 is 20.1 Å². The molecule has 0 radical (unpaired) electrons. The van der Waals surface area contributed by atoms with Gasteiger partial charge in [-0.25, -0.2) is 0 Å². The molecule has 0 unspecified atom stereocenters. The quantitative estimate of drug-likeness (QED) is 0.361. The van der Waals surface area contributed by atoms with Gasteiger partial charge in [0.2, 0.25) is 0 Å². The van der Waals surface area contributed by atoms with Gasteiger partial charge in [0.15, 0.2) is 0 Å². The van der Waals surface area contributed by atoms with Crippen molar-refractivity contribution in [3.05, 3.63) is 95.2 Å². The molecule has 3 aromatic carbocycles. The van der Waals surface area contributed by atoms with Crippen LogP contribution >= 0.6 is 0 Å². The van der Waals surface area contributed by atoms with Crippen LogP contribution in [0.5, 0.6) is 11.5 Å². The average molecular weight is 458 g/mol. The van der Waals surface area contributed by atoms with E-state index in [0.29, 0.717) is 31.9 Å². The van der Waals surface area contributed by atoms with Crippen molar-refractivity contribution >= 4 is 16.8 Å². The fourth-order valence-corrected chi connectivity index (χ4v) is 4.21. The lowest BCUT2D eigenvalue weighted by Crippen LogP contribution is -2.28. The molecule has 0 bridgehead atoms. The number of para-hydroxylation sites is 1. The molecule has 0 fully saturated rings. The number of benzene rings is 3. The fraction of sp³-hybridized carbons (Fsp3) is 0.250. The Morgan fingerprint density at radius 2 is 1.44 bits per heavy atom. The number of ether oxygens (including phenoxy) is 2. The summed E-state index contributed by atoms with van der Waals surface area (Å²) in [6.07, 6.45) is 0. The van der Waals surface area contributed by atoms with Gasteiger partial charge >= 0.3 is 0 Å². The Hall–Kier alpha value is -3.77. The Morgan fingerprint density at radius 3 is 2.06 bits per heavy atom. The minimum Gasteiger partial charge on any atom is -0.497 e. The highest BCUT2D eigenvalue weighted by molar-refractivity contribution is 6.01. The van der Waals surface area contributed by atoms with E-state index in [1.165, 1.54) is 0 Å². The number of fused-ring (bicyclic) bond motifs is 1. The highest BCUT2D eigenvalue weighted by atomic mass is 16.5. The van der Waals surface area contributed by atoms with Gasteiger partial charge in [-0.15, -0.1) is 0 Å². The third kappa shape index (κ3) is 5.07. The van der Waals surface area contributed by atoms with Crippen molar-refractivity contribution in [3.63, 3.8) is 0 Å². The fourth-order valence-electron chi connectivity index (χ4n) is 4.21. The lowest BCUT2D eigenvalue weighted by molar-refractivity contribution is 0.0946. The standard InChI is InChI=1S/C28H31N3O3/c1-4-30-28(32)27-25(18-29-17-20-9-13-22(33-2)14-10-20)24-7-5-6-8-26(24)31(27)19-21-11-15-23(34-3)16-12-21/h5-16,29H,4,17-19H2,1-3H3,(H,30,32). The molecule has 34 heavy (non-hydrogen) atoms. The van der Waals surface area contributed by atoms with Crippen LogP contribution in [0.2, 0.25) is 0 Å². The van der Waals surface area contributed by atoms with E-state index in [9.17, 15) is 4.79 Å². The Bertz CT molecular complexity index is 1240. The van der Waals surface area contributed by atoms with E-state index in [1.807, 2.05) is 67.6 Å². The minimum absolute atomic E-state index is 0.0616. The molecule has 0 spiro atoms. The van der Waals surface area contributed by atoms with Crippen LogP contribution in [-0.2, 0) is 19.6 Å². The van der Waals surface area contributed by atoms with E-state index in [1.54, 1.807) is 14.2 Å². The Morgan fingerprint density at radius 1 is 0.824 bits per heavy atom. The first kappa shape index (κ1) is 23.4.